The SMILES string of the molecule is O=[N+]([O-])c1ccc(S(=O)(=O)NCl)cc1.[H-].[Na+]. The molecule has 0 amide bonds. The van der Waals surface area contributed by atoms with Crippen LogP contribution in [-0.4, -0.2) is 13.3 Å². The topological polar surface area (TPSA) is 89.3 Å². The van der Waals surface area contributed by atoms with Crippen molar-refractivity contribution in [1.29, 1.82) is 0 Å². The van der Waals surface area contributed by atoms with Crippen LogP contribution in [0.1, 0.15) is 1.43 Å². The third-order valence-corrected chi connectivity index (χ3v) is 3.16. The third kappa shape index (κ3) is 3.71. The number of rotatable bonds is 3. The first-order valence-electron chi connectivity index (χ1n) is 3.34. The Bertz CT molecular complexity index is 452. The zero-order chi connectivity index (χ0) is 10.8. The van der Waals surface area contributed by atoms with E-state index in [1.807, 2.05) is 0 Å². The number of nitrogens with one attached hydrogen (secondary N) is 1. The van der Waals surface area contributed by atoms with Crippen LogP contribution >= 0.6 is 11.8 Å². The summed E-state index contributed by atoms with van der Waals surface area (Å²) in [7, 11) is -3.75. The number of sulfonamides is 1. The molecular formula is C6H6ClN2NaO4S. The molecule has 1 rings (SSSR count). The Kier molecular flexibility index (Phi) is 5.71. The van der Waals surface area contributed by atoms with Crippen molar-refractivity contribution < 1.29 is 44.3 Å². The van der Waals surface area contributed by atoms with E-state index in [0.29, 0.717) is 0 Å². The van der Waals surface area contributed by atoms with Crippen molar-refractivity contribution >= 4 is 27.5 Å². The third-order valence-electron chi connectivity index (χ3n) is 1.46. The Morgan fingerprint density at radius 2 is 1.80 bits per heavy atom. The first kappa shape index (κ1) is 14.8. The first-order valence-corrected chi connectivity index (χ1v) is 5.20. The van der Waals surface area contributed by atoms with Gasteiger partial charge in [-0.2, -0.15) is 0 Å². The summed E-state index contributed by atoms with van der Waals surface area (Å²) in [6.07, 6.45) is 0. The smallest absolute Gasteiger partial charge is 1.00 e. The predicted octanol–water partition coefficient (Wildman–Crippen LogP) is -1.86. The fourth-order valence-electron chi connectivity index (χ4n) is 0.792. The normalized spacial score (nSPS) is 10.5. The first-order chi connectivity index (χ1) is 6.47. The van der Waals surface area contributed by atoms with Gasteiger partial charge in [0.05, 0.1) is 9.82 Å². The van der Waals surface area contributed by atoms with Gasteiger partial charge in [0.15, 0.2) is 0 Å². The molecule has 15 heavy (non-hydrogen) atoms. The van der Waals surface area contributed by atoms with Crippen molar-refractivity contribution in [1.82, 2.24) is 4.24 Å². The number of halogens is 1. The summed E-state index contributed by atoms with van der Waals surface area (Å²) in [6, 6.07) is 4.37. The maximum atomic E-state index is 11.1. The van der Waals surface area contributed by atoms with Gasteiger partial charge in [0.1, 0.15) is 0 Å². The monoisotopic (exact) mass is 260 g/mol. The van der Waals surface area contributed by atoms with Crippen molar-refractivity contribution in [3.8, 4) is 0 Å². The van der Waals surface area contributed by atoms with E-state index < -0.39 is 14.9 Å². The van der Waals surface area contributed by atoms with Gasteiger partial charge >= 0.3 is 29.6 Å². The maximum Gasteiger partial charge on any atom is 1.00 e. The van der Waals surface area contributed by atoms with Crippen LogP contribution in [0.25, 0.3) is 0 Å². The molecule has 0 saturated carbocycles. The molecule has 1 aromatic rings. The minimum absolute atomic E-state index is 0. The molecule has 0 aliphatic rings. The van der Waals surface area contributed by atoms with E-state index in [1.54, 1.807) is 4.24 Å². The fourth-order valence-corrected chi connectivity index (χ4v) is 1.64. The Morgan fingerprint density at radius 3 is 2.13 bits per heavy atom. The molecule has 1 aromatic carbocycles. The van der Waals surface area contributed by atoms with E-state index in [1.165, 1.54) is 0 Å². The molecule has 1 N–H and O–H groups in total. The molecule has 78 valence electrons. The van der Waals surface area contributed by atoms with Crippen molar-refractivity contribution in [2.24, 2.45) is 0 Å². The number of hydrogen-bond donors (Lipinski definition) is 1. The molecule has 0 heterocycles. The summed E-state index contributed by atoms with van der Waals surface area (Å²) in [5.74, 6) is 0. The minimum atomic E-state index is -3.75. The summed E-state index contributed by atoms with van der Waals surface area (Å²) in [4.78, 5) is 9.50. The van der Waals surface area contributed by atoms with Crippen LogP contribution in [0.4, 0.5) is 5.69 Å². The second-order valence-corrected chi connectivity index (χ2v) is 4.43. The fraction of sp³-hybridized carbons (Fsp3) is 0. The predicted molar refractivity (Wildman–Crippen MR) is 50.4 cm³/mol. The van der Waals surface area contributed by atoms with Crippen molar-refractivity contribution in [2.75, 3.05) is 0 Å². The van der Waals surface area contributed by atoms with Gasteiger partial charge in [-0.25, -0.2) is 8.42 Å². The summed E-state index contributed by atoms with van der Waals surface area (Å²) in [5, 5.41) is 10.2. The Hall–Kier alpha value is -0.180. The van der Waals surface area contributed by atoms with Crippen LogP contribution < -0.4 is 33.8 Å². The number of hydrogen-bond acceptors (Lipinski definition) is 4. The number of benzene rings is 1. The minimum Gasteiger partial charge on any atom is -1.00 e. The van der Waals surface area contributed by atoms with Crippen LogP contribution in [0.5, 0.6) is 0 Å². The second-order valence-electron chi connectivity index (χ2n) is 2.33. The molecule has 0 radical (unpaired) electrons. The Morgan fingerprint density at radius 1 is 1.33 bits per heavy atom. The molecular weight excluding hydrogens is 255 g/mol. The van der Waals surface area contributed by atoms with E-state index in [4.69, 9.17) is 11.8 Å². The van der Waals surface area contributed by atoms with Gasteiger partial charge in [-0.1, -0.05) is 0 Å². The summed E-state index contributed by atoms with van der Waals surface area (Å²) in [5.41, 5.74) is -0.182. The Labute approximate surface area is 115 Å². The molecule has 0 aliphatic heterocycles. The molecule has 0 aliphatic carbocycles. The van der Waals surface area contributed by atoms with Gasteiger partial charge in [0, 0.05) is 12.1 Å². The van der Waals surface area contributed by atoms with Crippen LogP contribution in [0, 0.1) is 10.1 Å². The average molecular weight is 261 g/mol. The molecule has 0 bridgehead atoms. The van der Waals surface area contributed by atoms with Crippen molar-refractivity contribution in [2.45, 2.75) is 4.90 Å². The number of nitro benzene ring substituents is 1. The van der Waals surface area contributed by atoms with E-state index in [-0.39, 0.29) is 41.6 Å². The van der Waals surface area contributed by atoms with E-state index >= 15 is 0 Å². The molecule has 6 nitrogen and oxygen atoms in total. The zero-order valence-electron chi connectivity index (χ0n) is 8.68. The standard InChI is InChI=1S/C6H5ClN2O4S.Na.H/c7-8-14(12,13)6-3-1-5(2-4-6)9(10)11;;/h1-4,8H;;/q;+1;-1. The van der Waals surface area contributed by atoms with Crippen molar-refractivity contribution in [3.63, 3.8) is 0 Å². The van der Waals surface area contributed by atoms with Gasteiger partial charge in [-0.05, 0) is 23.9 Å². The van der Waals surface area contributed by atoms with Gasteiger partial charge in [0.25, 0.3) is 15.7 Å². The molecule has 0 fully saturated rings. The van der Waals surface area contributed by atoms with Gasteiger partial charge < -0.3 is 1.43 Å². The summed E-state index contributed by atoms with van der Waals surface area (Å²) >= 11 is 4.96. The van der Waals surface area contributed by atoms with E-state index in [0.717, 1.165) is 24.3 Å². The van der Waals surface area contributed by atoms with E-state index in [2.05, 4.69) is 0 Å². The molecule has 9 heteroatoms. The molecule has 0 unspecified atom stereocenters. The quantitative estimate of drug-likeness (QED) is 0.299. The largest absolute Gasteiger partial charge is 1.00 e. The van der Waals surface area contributed by atoms with Gasteiger partial charge in [-0.15, -0.1) is 4.24 Å². The number of nitrogens with zero attached hydrogens (tertiary/aromatic N) is 1. The average Bonchev–Trinajstić information content (AvgIpc) is 2.18. The van der Waals surface area contributed by atoms with Crippen LogP contribution in [0.2, 0.25) is 0 Å². The summed E-state index contributed by atoms with van der Waals surface area (Å²) < 4.78 is 23.7. The molecule has 0 saturated heterocycles. The summed E-state index contributed by atoms with van der Waals surface area (Å²) in [6.45, 7) is 0. The number of nitro groups is 1. The zero-order valence-corrected chi connectivity index (χ0v) is 11.2. The second kappa shape index (κ2) is 5.78. The molecule has 0 atom stereocenters. The Balaban J connectivity index is 0. The van der Waals surface area contributed by atoms with Crippen LogP contribution in [-0.2, 0) is 10.0 Å². The molecule has 0 aromatic heterocycles. The van der Waals surface area contributed by atoms with E-state index in [9.17, 15) is 18.5 Å². The van der Waals surface area contributed by atoms with Gasteiger partial charge in [-0.3, -0.25) is 10.1 Å². The van der Waals surface area contributed by atoms with Gasteiger partial charge in [0.2, 0.25) is 0 Å². The number of non-ortho nitro benzene ring substituents is 1. The molecule has 0 spiro atoms. The maximum absolute atomic E-state index is 11.1. The van der Waals surface area contributed by atoms with Crippen LogP contribution in [0.15, 0.2) is 29.2 Å². The van der Waals surface area contributed by atoms with Crippen LogP contribution in [0.3, 0.4) is 0 Å². The van der Waals surface area contributed by atoms with Crippen molar-refractivity contribution in [3.05, 3.63) is 34.4 Å².